The lowest BCUT2D eigenvalue weighted by molar-refractivity contribution is 0.568. The molecular weight excluding hydrogens is 499 g/mol. The Labute approximate surface area is 193 Å². The number of oxazole rings is 1. The van der Waals surface area contributed by atoms with Crippen molar-refractivity contribution in [1.82, 2.24) is 14.5 Å². The first-order chi connectivity index (χ1) is 15.2. The van der Waals surface area contributed by atoms with E-state index in [1.807, 2.05) is 6.33 Å². The van der Waals surface area contributed by atoms with Crippen LogP contribution < -0.4 is 0 Å². The number of benzene rings is 2. The van der Waals surface area contributed by atoms with E-state index in [0.29, 0.717) is 11.2 Å². The van der Waals surface area contributed by atoms with Gasteiger partial charge in [0.2, 0.25) is 0 Å². The molecule has 2 aromatic carbocycles. The Morgan fingerprint density at radius 3 is 2.71 bits per heavy atom. The highest BCUT2D eigenvalue weighted by atomic mass is 127. The Kier molecular flexibility index (Phi) is 3.55. The minimum absolute atomic E-state index is 0.0859. The van der Waals surface area contributed by atoms with Crippen LogP contribution in [-0.2, 0) is 5.41 Å². The Morgan fingerprint density at radius 2 is 1.97 bits per heavy atom. The van der Waals surface area contributed by atoms with Gasteiger partial charge in [-0.05, 0) is 77.5 Å². The second-order valence-corrected chi connectivity index (χ2v) is 10.0. The lowest BCUT2D eigenvalue weighted by Crippen LogP contribution is -2.10. The SMILES string of the molecule is C[C@@H]1N=C(c2ccccc2I)c2cc([C@]34C[C@H]3C4)ccc2-n2cnc(-c3cnco3)c21. The molecule has 0 saturated heterocycles. The van der Waals surface area contributed by atoms with Gasteiger partial charge in [-0.2, -0.15) is 0 Å². The zero-order valence-corrected chi connectivity index (χ0v) is 19.1. The van der Waals surface area contributed by atoms with E-state index in [1.54, 1.807) is 6.20 Å². The quantitative estimate of drug-likeness (QED) is 0.327. The van der Waals surface area contributed by atoms with Crippen LogP contribution in [0.15, 0.2) is 70.8 Å². The summed E-state index contributed by atoms with van der Waals surface area (Å²) in [5, 5.41) is 0. The van der Waals surface area contributed by atoms with Crippen molar-refractivity contribution < 1.29 is 4.42 Å². The van der Waals surface area contributed by atoms with Crippen LogP contribution in [0.1, 0.15) is 48.2 Å². The Hall–Kier alpha value is -2.74. The molecule has 6 heteroatoms. The predicted octanol–water partition coefficient (Wildman–Crippen LogP) is 5.71. The van der Waals surface area contributed by atoms with Crippen molar-refractivity contribution in [2.45, 2.75) is 31.2 Å². The third-order valence-electron chi connectivity index (χ3n) is 7.09. The lowest BCUT2D eigenvalue weighted by atomic mass is 9.94. The van der Waals surface area contributed by atoms with Crippen LogP contribution in [0.25, 0.3) is 17.1 Å². The van der Waals surface area contributed by atoms with E-state index in [1.165, 1.54) is 39.5 Å². The van der Waals surface area contributed by atoms with E-state index in [2.05, 4.69) is 81.5 Å². The van der Waals surface area contributed by atoms with Gasteiger partial charge in [0.15, 0.2) is 12.2 Å². The van der Waals surface area contributed by atoms with Gasteiger partial charge in [0.05, 0.1) is 29.3 Å². The molecule has 2 saturated carbocycles. The van der Waals surface area contributed by atoms with Gasteiger partial charge < -0.3 is 4.42 Å². The van der Waals surface area contributed by atoms with Crippen LogP contribution in [0.3, 0.4) is 0 Å². The highest BCUT2D eigenvalue weighted by Crippen LogP contribution is 2.75. The first-order valence-corrected chi connectivity index (χ1v) is 11.7. The monoisotopic (exact) mass is 518 g/mol. The van der Waals surface area contributed by atoms with E-state index in [4.69, 9.17) is 14.4 Å². The number of fused-ring (bicyclic) bond motifs is 4. The predicted molar refractivity (Wildman–Crippen MR) is 127 cm³/mol. The van der Waals surface area contributed by atoms with Crippen LogP contribution in [-0.4, -0.2) is 20.2 Å². The minimum atomic E-state index is -0.0859. The summed E-state index contributed by atoms with van der Waals surface area (Å²) in [6.07, 6.45) is 7.73. The second-order valence-electron chi connectivity index (χ2n) is 8.84. The van der Waals surface area contributed by atoms with Gasteiger partial charge in [-0.3, -0.25) is 9.56 Å². The molecule has 152 valence electrons. The number of rotatable bonds is 3. The number of hydrogen-bond acceptors (Lipinski definition) is 4. The molecule has 2 fully saturated rings. The van der Waals surface area contributed by atoms with Gasteiger partial charge in [-0.1, -0.05) is 24.3 Å². The molecule has 1 atom stereocenters. The molecule has 0 amide bonds. The number of imidazole rings is 1. The van der Waals surface area contributed by atoms with Crippen LogP contribution in [0.4, 0.5) is 0 Å². The van der Waals surface area contributed by atoms with Crippen molar-refractivity contribution in [3.8, 4) is 17.1 Å². The lowest BCUT2D eigenvalue weighted by Gasteiger charge is -2.15. The van der Waals surface area contributed by atoms with Crippen molar-refractivity contribution >= 4 is 28.3 Å². The minimum Gasteiger partial charge on any atom is -0.442 e. The molecule has 0 radical (unpaired) electrons. The second kappa shape index (κ2) is 6.16. The molecular formula is C25H19IN4O. The molecule has 3 heterocycles. The van der Waals surface area contributed by atoms with E-state index >= 15 is 0 Å². The standard InChI is InChI=1S/C25H19IN4O/c1-14-24-23(21-11-27-13-31-21)28-12-30(24)20-7-6-15(25-9-16(25)10-25)8-18(20)22(29-14)17-4-2-3-5-19(17)26/h2-8,11-14,16H,9-10H2,1H3/t14-,16-,25+/m0/s1. The number of aliphatic imine (C=N–C) groups is 1. The van der Waals surface area contributed by atoms with E-state index < -0.39 is 0 Å². The molecule has 0 N–H and O–H groups in total. The summed E-state index contributed by atoms with van der Waals surface area (Å²) in [4.78, 5) is 14.1. The van der Waals surface area contributed by atoms with Gasteiger partial charge in [-0.15, -0.1) is 0 Å². The third kappa shape index (κ3) is 2.51. The maximum absolute atomic E-state index is 5.59. The normalized spacial score (nSPS) is 25.2. The summed E-state index contributed by atoms with van der Waals surface area (Å²) in [6, 6.07) is 15.4. The fourth-order valence-corrected chi connectivity index (χ4v) is 5.73. The Morgan fingerprint density at radius 1 is 1.13 bits per heavy atom. The van der Waals surface area contributed by atoms with Crippen LogP contribution in [0.2, 0.25) is 0 Å². The summed E-state index contributed by atoms with van der Waals surface area (Å²) in [7, 11) is 0. The summed E-state index contributed by atoms with van der Waals surface area (Å²) >= 11 is 2.42. The molecule has 0 bridgehead atoms. The maximum atomic E-state index is 5.59. The number of nitrogens with zero attached hydrogens (tertiary/aromatic N) is 4. The average Bonchev–Trinajstić information content (AvgIpc) is 3.48. The zero-order valence-electron chi connectivity index (χ0n) is 16.9. The molecule has 3 aliphatic rings. The summed E-state index contributed by atoms with van der Waals surface area (Å²) in [5.41, 5.74) is 8.27. The Balaban J connectivity index is 1.50. The molecule has 4 aromatic rings. The molecule has 7 rings (SSSR count). The van der Waals surface area contributed by atoms with Gasteiger partial charge in [0.25, 0.3) is 0 Å². The van der Waals surface area contributed by atoms with Gasteiger partial charge >= 0.3 is 0 Å². The van der Waals surface area contributed by atoms with Crippen molar-refractivity contribution in [2.24, 2.45) is 10.9 Å². The molecule has 2 aliphatic carbocycles. The van der Waals surface area contributed by atoms with Crippen molar-refractivity contribution in [3.63, 3.8) is 0 Å². The largest absolute Gasteiger partial charge is 0.442 e. The molecule has 0 unspecified atom stereocenters. The van der Waals surface area contributed by atoms with Gasteiger partial charge in [0.1, 0.15) is 12.0 Å². The third-order valence-corrected chi connectivity index (χ3v) is 8.03. The molecule has 2 aromatic heterocycles. The van der Waals surface area contributed by atoms with Gasteiger partial charge in [-0.25, -0.2) is 9.97 Å². The highest BCUT2D eigenvalue weighted by molar-refractivity contribution is 14.1. The molecule has 0 spiro atoms. The zero-order chi connectivity index (χ0) is 20.7. The van der Waals surface area contributed by atoms with E-state index in [9.17, 15) is 0 Å². The van der Waals surface area contributed by atoms with Crippen molar-refractivity contribution in [3.05, 3.63) is 87.3 Å². The van der Waals surface area contributed by atoms with Crippen molar-refractivity contribution in [2.75, 3.05) is 0 Å². The van der Waals surface area contributed by atoms with E-state index in [0.717, 1.165) is 28.7 Å². The highest BCUT2D eigenvalue weighted by Gasteiger charge is 2.70. The molecule has 1 aliphatic heterocycles. The van der Waals surface area contributed by atoms with Crippen LogP contribution >= 0.6 is 22.6 Å². The number of hydrogen-bond donors (Lipinski definition) is 0. The first kappa shape index (κ1) is 17.9. The van der Waals surface area contributed by atoms with Gasteiger partial charge in [0, 0.05) is 14.7 Å². The summed E-state index contributed by atoms with van der Waals surface area (Å²) in [6.45, 7) is 2.13. The van der Waals surface area contributed by atoms with Crippen LogP contribution in [0, 0.1) is 9.49 Å². The fourth-order valence-electron chi connectivity index (χ4n) is 5.08. The topological polar surface area (TPSA) is 56.2 Å². The molecule has 5 nitrogen and oxygen atoms in total. The summed E-state index contributed by atoms with van der Waals surface area (Å²) < 4.78 is 8.98. The Bertz CT molecular complexity index is 1380. The maximum Gasteiger partial charge on any atom is 0.181 e. The molecule has 31 heavy (non-hydrogen) atoms. The van der Waals surface area contributed by atoms with Crippen molar-refractivity contribution in [1.29, 1.82) is 0 Å². The average molecular weight is 518 g/mol. The number of halogens is 1. The first-order valence-electron chi connectivity index (χ1n) is 10.6. The van der Waals surface area contributed by atoms with E-state index in [-0.39, 0.29) is 6.04 Å². The summed E-state index contributed by atoms with van der Waals surface area (Å²) in [5.74, 6) is 1.57. The smallest absolute Gasteiger partial charge is 0.181 e. The van der Waals surface area contributed by atoms with Crippen LogP contribution in [0.5, 0.6) is 0 Å². The number of aromatic nitrogens is 3. The fraction of sp³-hybridized carbons (Fsp3) is 0.240.